The first-order valence-electron chi connectivity index (χ1n) is 15.3. The lowest BCUT2D eigenvalue weighted by atomic mass is 10.1. The van der Waals surface area contributed by atoms with Crippen LogP contribution in [0.3, 0.4) is 0 Å². The van der Waals surface area contributed by atoms with E-state index >= 15 is 8.78 Å². The molecule has 0 saturated carbocycles. The van der Waals surface area contributed by atoms with E-state index in [0.29, 0.717) is 12.1 Å². The molecule has 4 unspecified atom stereocenters. The van der Waals surface area contributed by atoms with Crippen LogP contribution in [-0.2, 0) is 50.2 Å². The Kier molecular flexibility index (Phi) is 8.19. The van der Waals surface area contributed by atoms with Crippen LogP contribution in [0.5, 0.6) is 0 Å². The Morgan fingerprint density at radius 3 is 2.14 bits per heavy atom. The fraction of sp³-hybridized carbons (Fsp3) is 0.519. The van der Waals surface area contributed by atoms with Gasteiger partial charge < -0.3 is 42.0 Å². The molecule has 8 heterocycles. The maximum Gasteiger partial charge on any atom is 0.265 e. The number of aryl methyl sites for hydroxylation is 2. The van der Waals surface area contributed by atoms with Crippen molar-refractivity contribution in [3.8, 4) is 0 Å². The fourth-order valence-electron chi connectivity index (χ4n) is 6.78. The van der Waals surface area contributed by atoms with Crippen LogP contribution in [0, 0.1) is 5.82 Å². The van der Waals surface area contributed by atoms with Gasteiger partial charge in [-0.2, -0.15) is 0 Å². The molecule has 0 aromatic carbocycles. The van der Waals surface area contributed by atoms with Gasteiger partial charge in [-0.25, -0.2) is 23.1 Å². The largest absolute Gasteiger partial charge is 0.384 e. The molecule has 22 heteroatoms. The zero-order valence-corrected chi connectivity index (χ0v) is 27.4. The average Bonchev–Trinajstić information content (AvgIpc) is 3.72. The summed E-state index contributed by atoms with van der Waals surface area (Å²) in [6.07, 6.45) is -7.04. The van der Waals surface area contributed by atoms with Crippen molar-refractivity contribution in [3.05, 3.63) is 52.7 Å². The number of halogens is 3. The van der Waals surface area contributed by atoms with E-state index in [1.54, 1.807) is 12.4 Å². The number of hydrogen-bond donors (Lipinski definition) is 1. The summed E-state index contributed by atoms with van der Waals surface area (Å²) in [5, 5.41) is 3.70. The lowest BCUT2D eigenvalue weighted by Crippen LogP contribution is -2.37. The van der Waals surface area contributed by atoms with Crippen LogP contribution in [0.4, 0.5) is 18.9 Å². The van der Waals surface area contributed by atoms with Crippen LogP contribution in [0.2, 0.25) is 0 Å². The molecule has 0 bridgehead atoms. The van der Waals surface area contributed by atoms with Crippen LogP contribution in [0.15, 0.2) is 35.8 Å². The average molecular weight is 720 g/mol. The van der Waals surface area contributed by atoms with E-state index in [4.69, 9.17) is 42.7 Å². The standard InChI is InChI=1S/C27H27B2F3N6O9P2/c1-36-11-35-24-18(25(36)39)13(30)8-38(24)27-20(32)22-16(45-27)10-43-48(28,40)46-21-15(9-42-49(29,41)47-22)44-26(19(21)31)37-7-12-3-2-5-33-14-4-6-34-23(37)17(12)14/h4,6-8,11,15-16,19-22,26-27,33H,2-3,5,9-10H2,1H3/t15-,16-,19+,20?,21?,22+,26-,27-,48?,49?/m1/s1. The van der Waals surface area contributed by atoms with E-state index in [2.05, 4.69) is 15.3 Å². The number of ether oxygens (including phenoxy) is 2. The predicted molar refractivity (Wildman–Crippen MR) is 167 cm³/mol. The highest BCUT2D eigenvalue weighted by atomic mass is 31.2. The normalized spacial score (nSPS) is 36.8. The zero-order valence-electron chi connectivity index (χ0n) is 25.6. The van der Waals surface area contributed by atoms with Gasteiger partial charge in [-0.3, -0.25) is 18.5 Å². The minimum absolute atomic E-state index is 0.248. The summed E-state index contributed by atoms with van der Waals surface area (Å²) in [4.78, 5) is 21.0. The number of pyridine rings is 1. The minimum atomic E-state index is -4.67. The molecule has 8 rings (SSSR count). The summed E-state index contributed by atoms with van der Waals surface area (Å²) in [6, 6.07) is 1.82. The predicted octanol–water partition coefficient (Wildman–Crippen LogP) is 3.12. The Bertz CT molecular complexity index is 2120. The molecule has 0 spiro atoms. The van der Waals surface area contributed by atoms with E-state index < -0.39 is 94.1 Å². The fourth-order valence-corrected chi connectivity index (χ4v) is 8.79. The van der Waals surface area contributed by atoms with Gasteiger partial charge >= 0.3 is 0 Å². The number of nitrogens with one attached hydrogen (secondary N) is 1. The van der Waals surface area contributed by atoms with Gasteiger partial charge in [0.1, 0.15) is 35.4 Å². The summed E-state index contributed by atoms with van der Waals surface area (Å²) in [6.45, 7) is -0.768. The highest BCUT2D eigenvalue weighted by Gasteiger charge is 2.53. The lowest BCUT2D eigenvalue weighted by Gasteiger charge is -2.29. The molecule has 4 aliphatic rings. The second kappa shape index (κ2) is 12.1. The van der Waals surface area contributed by atoms with Crippen molar-refractivity contribution in [1.82, 2.24) is 23.7 Å². The van der Waals surface area contributed by atoms with Gasteiger partial charge in [0.25, 0.3) is 20.5 Å². The van der Waals surface area contributed by atoms with Gasteiger partial charge in [0, 0.05) is 43.3 Å². The van der Waals surface area contributed by atoms with Gasteiger partial charge in [0.15, 0.2) is 36.3 Å². The van der Waals surface area contributed by atoms with Crippen molar-refractivity contribution in [2.75, 3.05) is 25.1 Å². The van der Waals surface area contributed by atoms with Crippen LogP contribution in [0.1, 0.15) is 24.4 Å². The number of fused-ring (bicyclic) bond motifs is 3. The monoisotopic (exact) mass is 720 g/mol. The maximum atomic E-state index is 16.3. The van der Waals surface area contributed by atoms with Gasteiger partial charge in [-0.15, -0.1) is 0 Å². The minimum Gasteiger partial charge on any atom is -0.384 e. The highest BCUT2D eigenvalue weighted by Crippen LogP contribution is 2.54. The Balaban J connectivity index is 1.08. The molecule has 4 aliphatic heterocycles. The molecule has 4 aromatic heterocycles. The first kappa shape index (κ1) is 33.2. The van der Waals surface area contributed by atoms with Crippen molar-refractivity contribution in [3.63, 3.8) is 0 Å². The van der Waals surface area contributed by atoms with Crippen LogP contribution < -0.4 is 10.9 Å². The van der Waals surface area contributed by atoms with Crippen molar-refractivity contribution >= 4 is 57.8 Å². The van der Waals surface area contributed by atoms with Crippen molar-refractivity contribution in [1.29, 1.82) is 0 Å². The van der Waals surface area contributed by atoms with Crippen molar-refractivity contribution in [2.24, 2.45) is 7.05 Å². The van der Waals surface area contributed by atoms with Crippen LogP contribution in [0.25, 0.3) is 22.1 Å². The second-order valence-electron chi connectivity index (χ2n) is 12.2. The first-order chi connectivity index (χ1) is 23.3. The SMILES string of the molecule is [B]P1(=O)OC[C@H]2O[C@@H](n3cc(F)c4c(=O)n(C)cnc43)C(F)[C@H]2OP([B])(=O)OC[C@H]2O[C@@H](n3cc4c5c(ccnc53)NCCC4)[C@@H](F)C2O1. The Morgan fingerprint density at radius 2 is 1.51 bits per heavy atom. The summed E-state index contributed by atoms with van der Waals surface area (Å²) < 4.78 is 111. The van der Waals surface area contributed by atoms with E-state index in [9.17, 15) is 18.3 Å². The second-order valence-corrected chi connectivity index (χ2v) is 15.3. The summed E-state index contributed by atoms with van der Waals surface area (Å²) >= 11 is 0. The molecule has 1 N–H and O–H groups in total. The Hall–Kier alpha value is -2.95. The van der Waals surface area contributed by atoms with E-state index in [1.165, 1.54) is 11.6 Å². The number of alkyl halides is 2. The quantitative estimate of drug-likeness (QED) is 0.239. The highest BCUT2D eigenvalue weighted by molar-refractivity contribution is 7.79. The third-order valence-electron chi connectivity index (χ3n) is 9.03. The number of rotatable bonds is 2. The molecule has 15 nitrogen and oxygen atoms in total. The molecule has 3 saturated heterocycles. The van der Waals surface area contributed by atoms with Crippen LogP contribution in [-0.4, -0.2) is 95.3 Å². The number of hydrogen-bond acceptors (Lipinski definition) is 12. The molecular formula is C27H27B2F3N6O9P2. The molecule has 4 radical (unpaired) electrons. The summed E-state index contributed by atoms with van der Waals surface area (Å²) in [7, 11) is 3.81. The molecule has 256 valence electrons. The maximum absolute atomic E-state index is 16.3. The molecular weight excluding hydrogens is 693 g/mol. The molecule has 10 atom stereocenters. The molecule has 0 amide bonds. The first-order valence-corrected chi connectivity index (χ1v) is 18.5. The topological polar surface area (TPSA) is 159 Å². The lowest BCUT2D eigenvalue weighted by molar-refractivity contribution is -0.0547. The summed E-state index contributed by atoms with van der Waals surface area (Å²) in [5.41, 5.74) is 1.18. The van der Waals surface area contributed by atoms with Crippen LogP contribution >= 0.6 is 14.9 Å². The number of aromatic nitrogens is 5. The van der Waals surface area contributed by atoms with E-state index in [0.717, 1.165) is 51.3 Å². The number of nitrogens with zero attached hydrogens (tertiary/aromatic N) is 5. The van der Waals surface area contributed by atoms with Gasteiger partial charge in [0.2, 0.25) is 15.1 Å². The van der Waals surface area contributed by atoms with Gasteiger partial charge in [0.05, 0.1) is 19.5 Å². The van der Waals surface area contributed by atoms with E-state index in [1.807, 2.05) is 6.07 Å². The zero-order chi connectivity index (χ0) is 34.4. The third-order valence-corrected chi connectivity index (χ3v) is 11.1. The molecule has 4 aromatic rings. The molecule has 49 heavy (non-hydrogen) atoms. The van der Waals surface area contributed by atoms with E-state index in [-0.39, 0.29) is 5.65 Å². The Morgan fingerprint density at radius 1 is 0.918 bits per heavy atom. The summed E-state index contributed by atoms with van der Waals surface area (Å²) in [5.74, 6) is -0.999. The Labute approximate surface area is 278 Å². The van der Waals surface area contributed by atoms with Crippen molar-refractivity contribution in [2.45, 2.75) is 62.1 Å². The van der Waals surface area contributed by atoms with Crippen molar-refractivity contribution < 1.29 is 49.9 Å². The van der Waals surface area contributed by atoms with Gasteiger partial charge in [-0.05, 0) is 24.5 Å². The number of anilines is 1. The third kappa shape index (κ3) is 5.70. The molecule has 3 fully saturated rings. The smallest absolute Gasteiger partial charge is 0.265 e. The molecule has 0 aliphatic carbocycles. The van der Waals surface area contributed by atoms with Gasteiger partial charge in [-0.1, -0.05) is 0 Å².